The Bertz CT molecular complexity index is 227. The molecule has 0 amide bonds. The topological polar surface area (TPSA) is 49.5 Å². The van der Waals surface area contributed by atoms with Gasteiger partial charge in [0.05, 0.1) is 5.60 Å². The number of hydrogen-bond donors (Lipinski definition) is 2. The van der Waals surface area contributed by atoms with Gasteiger partial charge in [-0.25, -0.2) is 0 Å². The molecule has 1 heterocycles. The lowest BCUT2D eigenvalue weighted by atomic mass is 9.70. The van der Waals surface area contributed by atoms with E-state index in [2.05, 4.69) is 18.9 Å². The van der Waals surface area contributed by atoms with Gasteiger partial charge in [0.25, 0.3) is 0 Å². The maximum absolute atomic E-state index is 10.7. The lowest BCUT2D eigenvalue weighted by molar-refractivity contribution is -0.112. The number of rotatable bonds is 2. The molecule has 1 saturated carbocycles. The quantitative estimate of drug-likeness (QED) is 0.676. The largest absolute Gasteiger partial charge is 0.389 e. The Hall–Kier alpha value is -0.120. The molecular formula is C11H22N2O. The highest BCUT2D eigenvalue weighted by Crippen LogP contribution is 2.58. The van der Waals surface area contributed by atoms with Crippen molar-refractivity contribution in [2.24, 2.45) is 17.1 Å². The van der Waals surface area contributed by atoms with Gasteiger partial charge in [-0.3, -0.25) is 0 Å². The highest BCUT2D eigenvalue weighted by atomic mass is 16.3. The fourth-order valence-electron chi connectivity index (χ4n) is 3.07. The maximum Gasteiger partial charge on any atom is 0.0765 e. The SMILES string of the molecule is CC1CN(C)CCC1(O)C1(CN)CC1. The zero-order valence-electron chi connectivity index (χ0n) is 9.29. The minimum atomic E-state index is -0.492. The molecule has 1 saturated heterocycles. The zero-order chi connectivity index (χ0) is 10.4. The van der Waals surface area contributed by atoms with Crippen molar-refractivity contribution in [1.82, 2.24) is 4.90 Å². The Morgan fingerprint density at radius 3 is 2.50 bits per heavy atom. The Morgan fingerprint density at radius 2 is 2.07 bits per heavy atom. The standard InChI is InChI=1S/C11H22N2O/c1-9-7-13(2)6-5-11(9,14)10(8-12)3-4-10/h9,14H,3-8,12H2,1-2H3. The van der Waals surface area contributed by atoms with Crippen LogP contribution in [0, 0.1) is 11.3 Å². The molecule has 3 heteroatoms. The monoisotopic (exact) mass is 198 g/mol. The van der Waals surface area contributed by atoms with Gasteiger partial charge in [-0.2, -0.15) is 0 Å². The van der Waals surface area contributed by atoms with E-state index in [1.165, 1.54) is 0 Å². The van der Waals surface area contributed by atoms with Gasteiger partial charge < -0.3 is 15.7 Å². The summed E-state index contributed by atoms with van der Waals surface area (Å²) >= 11 is 0. The first kappa shape index (κ1) is 10.4. The van der Waals surface area contributed by atoms with Crippen LogP contribution in [0.25, 0.3) is 0 Å². The molecule has 1 aliphatic heterocycles. The molecule has 0 bridgehead atoms. The number of likely N-dealkylation sites (tertiary alicyclic amines) is 1. The van der Waals surface area contributed by atoms with Crippen molar-refractivity contribution in [3.8, 4) is 0 Å². The van der Waals surface area contributed by atoms with Crippen LogP contribution >= 0.6 is 0 Å². The third-order valence-electron chi connectivity index (χ3n) is 4.44. The van der Waals surface area contributed by atoms with Gasteiger partial charge in [0, 0.05) is 25.0 Å². The molecule has 2 aliphatic rings. The van der Waals surface area contributed by atoms with Crippen LogP contribution in [-0.4, -0.2) is 42.3 Å². The molecular weight excluding hydrogens is 176 g/mol. The molecule has 2 rings (SSSR count). The van der Waals surface area contributed by atoms with Crippen molar-refractivity contribution in [2.75, 3.05) is 26.7 Å². The number of aliphatic hydroxyl groups is 1. The number of nitrogens with zero attached hydrogens (tertiary/aromatic N) is 1. The van der Waals surface area contributed by atoms with Crippen LogP contribution in [0.3, 0.4) is 0 Å². The number of piperidine rings is 1. The molecule has 82 valence electrons. The summed E-state index contributed by atoms with van der Waals surface area (Å²) in [6, 6.07) is 0. The zero-order valence-corrected chi connectivity index (χ0v) is 9.29. The molecule has 2 fully saturated rings. The minimum absolute atomic E-state index is 0.0632. The van der Waals surface area contributed by atoms with Gasteiger partial charge in [0.15, 0.2) is 0 Å². The van der Waals surface area contributed by atoms with E-state index in [1.54, 1.807) is 0 Å². The summed E-state index contributed by atoms with van der Waals surface area (Å²) < 4.78 is 0. The van der Waals surface area contributed by atoms with Crippen LogP contribution in [-0.2, 0) is 0 Å². The van der Waals surface area contributed by atoms with Crippen molar-refractivity contribution >= 4 is 0 Å². The average Bonchev–Trinajstić information content (AvgIpc) is 2.93. The van der Waals surface area contributed by atoms with Gasteiger partial charge >= 0.3 is 0 Å². The third kappa shape index (κ3) is 1.30. The van der Waals surface area contributed by atoms with E-state index in [-0.39, 0.29) is 5.41 Å². The summed E-state index contributed by atoms with van der Waals surface area (Å²) in [5.74, 6) is 0.354. The lowest BCUT2D eigenvalue weighted by Gasteiger charge is -2.47. The molecule has 0 aromatic carbocycles. The van der Waals surface area contributed by atoms with Crippen molar-refractivity contribution < 1.29 is 5.11 Å². The molecule has 0 radical (unpaired) electrons. The molecule has 2 atom stereocenters. The summed E-state index contributed by atoms with van der Waals surface area (Å²) in [4.78, 5) is 2.30. The van der Waals surface area contributed by atoms with Gasteiger partial charge in [0.1, 0.15) is 0 Å². The van der Waals surface area contributed by atoms with E-state index < -0.39 is 5.60 Å². The summed E-state index contributed by atoms with van der Waals surface area (Å²) in [7, 11) is 2.12. The highest BCUT2D eigenvalue weighted by molar-refractivity contribution is 5.12. The lowest BCUT2D eigenvalue weighted by Crippen LogP contribution is -2.56. The van der Waals surface area contributed by atoms with Crippen LogP contribution < -0.4 is 5.73 Å². The predicted molar refractivity (Wildman–Crippen MR) is 56.9 cm³/mol. The maximum atomic E-state index is 10.7. The highest BCUT2D eigenvalue weighted by Gasteiger charge is 2.60. The molecule has 14 heavy (non-hydrogen) atoms. The van der Waals surface area contributed by atoms with E-state index in [4.69, 9.17) is 5.73 Å². The van der Waals surface area contributed by atoms with E-state index in [0.717, 1.165) is 32.4 Å². The first-order chi connectivity index (χ1) is 6.54. The van der Waals surface area contributed by atoms with Gasteiger partial charge in [-0.05, 0) is 32.2 Å². The normalized spacial score (nSPS) is 42.4. The van der Waals surface area contributed by atoms with E-state index in [1.807, 2.05) is 0 Å². The summed E-state index contributed by atoms with van der Waals surface area (Å²) in [5, 5.41) is 10.7. The minimum Gasteiger partial charge on any atom is -0.389 e. The first-order valence-corrected chi connectivity index (χ1v) is 5.65. The molecule has 0 aromatic heterocycles. The molecule has 1 aliphatic carbocycles. The van der Waals surface area contributed by atoms with Crippen LogP contribution in [0.1, 0.15) is 26.2 Å². The van der Waals surface area contributed by atoms with Crippen molar-refractivity contribution in [2.45, 2.75) is 31.8 Å². The van der Waals surface area contributed by atoms with Crippen molar-refractivity contribution in [3.63, 3.8) is 0 Å². The number of nitrogens with two attached hydrogens (primary N) is 1. The molecule has 3 N–H and O–H groups in total. The van der Waals surface area contributed by atoms with Crippen LogP contribution in [0.4, 0.5) is 0 Å². The smallest absolute Gasteiger partial charge is 0.0765 e. The second kappa shape index (κ2) is 3.19. The average molecular weight is 198 g/mol. The van der Waals surface area contributed by atoms with Crippen LogP contribution in [0.2, 0.25) is 0 Å². The van der Waals surface area contributed by atoms with Crippen LogP contribution in [0.5, 0.6) is 0 Å². The molecule has 0 aromatic rings. The summed E-state index contributed by atoms with van der Waals surface area (Å²) in [6.45, 7) is 4.81. The Balaban J connectivity index is 2.15. The second-order valence-corrected chi connectivity index (χ2v) is 5.32. The fourth-order valence-corrected chi connectivity index (χ4v) is 3.07. The van der Waals surface area contributed by atoms with E-state index in [9.17, 15) is 5.11 Å². The number of hydrogen-bond acceptors (Lipinski definition) is 3. The van der Waals surface area contributed by atoms with Crippen LogP contribution in [0.15, 0.2) is 0 Å². The van der Waals surface area contributed by atoms with Gasteiger partial charge in [-0.1, -0.05) is 6.92 Å². The molecule has 0 spiro atoms. The van der Waals surface area contributed by atoms with E-state index in [0.29, 0.717) is 12.5 Å². The molecule has 2 unspecified atom stereocenters. The van der Waals surface area contributed by atoms with E-state index >= 15 is 0 Å². The molecule has 3 nitrogen and oxygen atoms in total. The van der Waals surface area contributed by atoms with Gasteiger partial charge in [-0.15, -0.1) is 0 Å². The van der Waals surface area contributed by atoms with Gasteiger partial charge in [0.2, 0.25) is 0 Å². The fraction of sp³-hybridized carbons (Fsp3) is 1.00. The first-order valence-electron chi connectivity index (χ1n) is 5.65. The Labute approximate surface area is 86.3 Å². The second-order valence-electron chi connectivity index (χ2n) is 5.32. The van der Waals surface area contributed by atoms with Crippen molar-refractivity contribution in [1.29, 1.82) is 0 Å². The predicted octanol–water partition coefficient (Wildman–Crippen LogP) is 0.428. The third-order valence-corrected chi connectivity index (χ3v) is 4.44. The van der Waals surface area contributed by atoms with Crippen molar-refractivity contribution in [3.05, 3.63) is 0 Å². The Morgan fingerprint density at radius 1 is 1.43 bits per heavy atom. The Kier molecular flexibility index (Phi) is 2.37. The summed E-state index contributed by atoms with van der Waals surface area (Å²) in [5.41, 5.74) is 5.38. The summed E-state index contributed by atoms with van der Waals surface area (Å²) in [6.07, 6.45) is 3.13.